The zero-order valence-electron chi connectivity index (χ0n) is 13.1. The van der Waals surface area contributed by atoms with E-state index in [2.05, 4.69) is 6.58 Å². The monoisotopic (exact) mass is 363 g/mol. The number of ether oxygens (including phenoxy) is 2. The summed E-state index contributed by atoms with van der Waals surface area (Å²) in [4.78, 5) is 0. The molecule has 2 aromatic rings. The summed E-state index contributed by atoms with van der Waals surface area (Å²) in [5.41, 5.74) is 0.864. The summed E-state index contributed by atoms with van der Waals surface area (Å²) >= 11 is 12.1. The molecule has 24 heavy (non-hydrogen) atoms. The van der Waals surface area contributed by atoms with Crippen LogP contribution in [0.5, 0.6) is 0 Å². The fraction of sp³-hybridized carbons (Fsp3) is 0.412. The van der Waals surface area contributed by atoms with Gasteiger partial charge in [0, 0.05) is 18.5 Å². The number of rotatable bonds is 4. The van der Waals surface area contributed by atoms with Crippen LogP contribution in [0.2, 0.25) is 5.02 Å². The Morgan fingerprint density at radius 2 is 2.21 bits per heavy atom. The smallest absolute Gasteiger partial charge is 0.198 e. The van der Waals surface area contributed by atoms with Crippen LogP contribution in [0.1, 0.15) is 18.9 Å². The lowest BCUT2D eigenvalue weighted by molar-refractivity contribution is -0.0974. The molecular weight excluding hydrogens is 346 g/mol. The van der Waals surface area contributed by atoms with Crippen LogP contribution in [0.4, 0.5) is 0 Å². The van der Waals surface area contributed by atoms with Crippen molar-refractivity contribution in [1.29, 1.82) is 0 Å². The van der Waals surface area contributed by atoms with Crippen LogP contribution in [-0.4, -0.2) is 33.3 Å². The number of nitrogens with zero attached hydrogens (tertiary/aromatic N) is 3. The molecule has 0 N–H and O–H groups in total. The maximum atomic E-state index is 6.37. The van der Waals surface area contributed by atoms with Crippen LogP contribution < -0.4 is 0 Å². The highest BCUT2D eigenvalue weighted by atomic mass is 35.5. The Labute approximate surface area is 150 Å². The topological polar surface area (TPSA) is 41.2 Å². The maximum absolute atomic E-state index is 6.37. The van der Waals surface area contributed by atoms with Gasteiger partial charge < -0.3 is 9.47 Å². The zero-order chi connectivity index (χ0) is 16.7. The highest BCUT2D eigenvalue weighted by Crippen LogP contribution is 2.36. The van der Waals surface area contributed by atoms with E-state index >= 15 is 0 Å². The largest absolute Gasteiger partial charge is 0.350 e. The van der Waals surface area contributed by atoms with E-state index in [1.807, 2.05) is 39.6 Å². The van der Waals surface area contributed by atoms with Gasteiger partial charge in [0.1, 0.15) is 6.10 Å². The van der Waals surface area contributed by atoms with E-state index in [0.29, 0.717) is 22.9 Å². The predicted octanol–water partition coefficient (Wildman–Crippen LogP) is 4.00. The Kier molecular flexibility index (Phi) is 4.30. The van der Waals surface area contributed by atoms with Crippen molar-refractivity contribution in [3.8, 4) is 11.4 Å². The Morgan fingerprint density at radius 3 is 3.00 bits per heavy atom. The minimum atomic E-state index is -0.0706. The molecule has 0 amide bonds. The SMILES string of the molecule is C=CCn1c(-c2ccccc2Cl)nn([C@H]2CC[C@@H]3OC[C@H]2O3)c1=S. The average molecular weight is 364 g/mol. The van der Waals surface area contributed by atoms with E-state index < -0.39 is 0 Å². The molecule has 0 aliphatic carbocycles. The van der Waals surface area contributed by atoms with Gasteiger partial charge in [0.2, 0.25) is 0 Å². The summed E-state index contributed by atoms with van der Waals surface area (Å²) in [6, 6.07) is 7.75. The maximum Gasteiger partial charge on any atom is 0.198 e. The summed E-state index contributed by atoms with van der Waals surface area (Å²) in [5, 5.41) is 5.46. The van der Waals surface area contributed by atoms with Crippen LogP contribution in [0.15, 0.2) is 36.9 Å². The number of aromatic nitrogens is 3. The summed E-state index contributed by atoms with van der Waals surface area (Å²) in [7, 11) is 0. The quantitative estimate of drug-likeness (QED) is 0.608. The van der Waals surface area contributed by atoms with E-state index in [1.165, 1.54) is 0 Å². The molecule has 4 rings (SSSR count). The first-order chi connectivity index (χ1) is 11.7. The molecule has 1 aromatic heterocycles. The van der Waals surface area contributed by atoms with E-state index in [9.17, 15) is 0 Å². The Hall–Kier alpha value is -1.47. The van der Waals surface area contributed by atoms with Crippen LogP contribution in [0.25, 0.3) is 11.4 Å². The van der Waals surface area contributed by atoms with Gasteiger partial charge in [-0.1, -0.05) is 29.8 Å². The summed E-state index contributed by atoms with van der Waals surface area (Å²) in [6.07, 6.45) is 3.55. The van der Waals surface area contributed by atoms with Crippen LogP contribution in [0, 0.1) is 4.77 Å². The Morgan fingerprint density at radius 1 is 1.38 bits per heavy atom. The molecule has 2 fully saturated rings. The zero-order valence-corrected chi connectivity index (χ0v) is 14.7. The van der Waals surface area contributed by atoms with Crippen molar-refractivity contribution < 1.29 is 9.47 Å². The first kappa shape index (κ1) is 16.0. The lowest BCUT2D eigenvalue weighted by Gasteiger charge is -2.27. The molecule has 0 spiro atoms. The molecule has 126 valence electrons. The van der Waals surface area contributed by atoms with Crippen LogP contribution >= 0.6 is 23.8 Å². The average Bonchev–Trinajstić information content (AvgIpc) is 3.11. The molecule has 0 saturated carbocycles. The van der Waals surface area contributed by atoms with Gasteiger partial charge in [-0.25, -0.2) is 4.68 Å². The first-order valence-corrected chi connectivity index (χ1v) is 8.80. The van der Waals surface area contributed by atoms with Crippen molar-refractivity contribution in [1.82, 2.24) is 14.3 Å². The van der Waals surface area contributed by atoms with Gasteiger partial charge in [0.25, 0.3) is 0 Å². The molecule has 1 aromatic carbocycles. The summed E-state index contributed by atoms with van der Waals surface area (Å²) in [5.74, 6) is 0.756. The molecule has 2 bridgehead atoms. The minimum Gasteiger partial charge on any atom is -0.350 e. The lowest BCUT2D eigenvalue weighted by atomic mass is 10.0. The van der Waals surface area contributed by atoms with Gasteiger partial charge in [0.05, 0.1) is 17.7 Å². The van der Waals surface area contributed by atoms with Gasteiger partial charge in [-0.15, -0.1) is 6.58 Å². The molecule has 2 aliphatic rings. The van der Waals surface area contributed by atoms with E-state index in [0.717, 1.165) is 24.2 Å². The summed E-state index contributed by atoms with van der Waals surface area (Å²) in [6.45, 7) is 5.00. The standard InChI is InChI=1S/C17H18ClN3O2S/c1-2-9-20-16(11-5-3-4-6-12(11)18)19-21(17(20)24)13-7-8-15-22-10-14(13)23-15/h2-6,13-15H,1,7-10H2/t13-,14+,15+/m0/s1. The van der Waals surface area contributed by atoms with E-state index in [4.69, 9.17) is 38.4 Å². The van der Waals surface area contributed by atoms with Gasteiger partial charge in [-0.05, 0) is 30.8 Å². The second-order valence-electron chi connectivity index (χ2n) is 6.01. The number of benzene rings is 1. The molecular formula is C17H18ClN3O2S. The molecule has 2 aliphatic heterocycles. The van der Waals surface area contributed by atoms with E-state index in [1.54, 1.807) is 0 Å². The number of hydrogen-bond acceptors (Lipinski definition) is 4. The third kappa shape index (κ3) is 2.63. The Bertz CT molecular complexity index is 831. The highest BCUT2D eigenvalue weighted by molar-refractivity contribution is 7.71. The number of fused-ring (bicyclic) bond motifs is 2. The van der Waals surface area contributed by atoms with Gasteiger partial charge in [-0.3, -0.25) is 4.57 Å². The fourth-order valence-electron chi connectivity index (χ4n) is 3.37. The molecule has 5 nitrogen and oxygen atoms in total. The molecule has 3 heterocycles. The van der Waals surface area contributed by atoms with Crippen molar-refractivity contribution in [3.05, 3.63) is 46.7 Å². The normalized spacial score (nSPS) is 25.8. The second kappa shape index (κ2) is 6.44. The van der Waals surface area contributed by atoms with Crippen molar-refractivity contribution >= 4 is 23.8 Å². The number of halogens is 1. The van der Waals surface area contributed by atoms with Crippen LogP contribution in [-0.2, 0) is 16.0 Å². The van der Waals surface area contributed by atoms with Crippen molar-refractivity contribution in [3.63, 3.8) is 0 Å². The molecule has 3 atom stereocenters. The van der Waals surface area contributed by atoms with Crippen molar-refractivity contribution in [2.45, 2.75) is 37.8 Å². The van der Waals surface area contributed by atoms with Crippen molar-refractivity contribution in [2.75, 3.05) is 6.61 Å². The second-order valence-corrected chi connectivity index (χ2v) is 6.78. The number of hydrogen-bond donors (Lipinski definition) is 0. The molecule has 2 saturated heterocycles. The Balaban J connectivity index is 1.82. The summed E-state index contributed by atoms with van der Waals surface area (Å²) < 4.78 is 16.0. The molecule has 0 unspecified atom stereocenters. The highest BCUT2D eigenvalue weighted by Gasteiger charge is 2.40. The fourth-order valence-corrected chi connectivity index (χ4v) is 3.92. The molecule has 7 heteroatoms. The first-order valence-electron chi connectivity index (χ1n) is 8.01. The third-order valence-electron chi connectivity index (χ3n) is 4.53. The lowest BCUT2D eigenvalue weighted by Crippen LogP contribution is -2.32. The van der Waals surface area contributed by atoms with Crippen molar-refractivity contribution in [2.24, 2.45) is 0 Å². The molecule has 0 radical (unpaired) electrons. The third-order valence-corrected chi connectivity index (χ3v) is 5.26. The van der Waals surface area contributed by atoms with Gasteiger partial charge in [-0.2, -0.15) is 5.10 Å². The minimum absolute atomic E-state index is 0.00151. The van der Waals surface area contributed by atoms with Crippen LogP contribution in [0.3, 0.4) is 0 Å². The van der Waals surface area contributed by atoms with E-state index in [-0.39, 0.29) is 18.4 Å². The van der Waals surface area contributed by atoms with Gasteiger partial charge in [0.15, 0.2) is 16.9 Å². The van der Waals surface area contributed by atoms with Gasteiger partial charge >= 0.3 is 0 Å². The predicted molar refractivity (Wildman–Crippen MR) is 94.6 cm³/mol. The number of allylic oxidation sites excluding steroid dienone is 1.